The summed E-state index contributed by atoms with van der Waals surface area (Å²) >= 11 is 0. The third kappa shape index (κ3) is 2.93. The quantitative estimate of drug-likeness (QED) is 0.833. The number of aromatic nitrogens is 3. The maximum absolute atomic E-state index is 13.6. The van der Waals surface area contributed by atoms with Crippen LogP contribution >= 0.6 is 0 Å². The second-order valence-corrected chi connectivity index (χ2v) is 6.29. The number of rotatable bonds is 4. The SMILES string of the molecule is O=C(c1ccnnc1)N1CC2(C1)OCCC2COc1ncccc1F. The third-order valence-electron chi connectivity index (χ3n) is 4.78. The molecule has 2 aliphatic rings. The molecule has 1 amide bonds. The van der Waals surface area contributed by atoms with Gasteiger partial charge in [0.2, 0.25) is 5.88 Å². The number of hydrogen-bond donors (Lipinski definition) is 0. The fraction of sp³-hybridized carbons (Fsp3) is 0.412. The summed E-state index contributed by atoms with van der Waals surface area (Å²) in [4.78, 5) is 18.0. The fourth-order valence-electron chi connectivity index (χ4n) is 3.37. The molecule has 0 bridgehead atoms. The smallest absolute Gasteiger partial charge is 0.255 e. The summed E-state index contributed by atoms with van der Waals surface area (Å²) in [7, 11) is 0. The summed E-state index contributed by atoms with van der Waals surface area (Å²) in [6.45, 7) is 1.91. The van der Waals surface area contributed by atoms with E-state index in [0.29, 0.717) is 31.9 Å². The molecule has 2 fully saturated rings. The lowest BCUT2D eigenvalue weighted by Gasteiger charge is -2.50. The van der Waals surface area contributed by atoms with Gasteiger partial charge in [0.25, 0.3) is 5.91 Å². The van der Waals surface area contributed by atoms with Crippen LogP contribution in [0.1, 0.15) is 16.8 Å². The van der Waals surface area contributed by atoms with Gasteiger partial charge in [-0.25, -0.2) is 9.37 Å². The van der Waals surface area contributed by atoms with E-state index in [1.54, 1.807) is 11.0 Å². The van der Waals surface area contributed by atoms with Gasteiger partial charge in [0, 0.05) is 18.7 Å². The minimum absolute atomic E-state index is 0.000309. The monoisotopic (exact) mass is 344 g/mol. The molecule has 2 aliphatic heterocycles. The van der Waals surface area contributed by atoms with E-state index in [1.165, 1.54) is 30.7 Å². The third-order valence-corrected chi connectivity index (χ3v) is 4.78. The van der Waals surface area contributed by atoms with E-state index in [1.807, 2.05) is 0 Å². The molecule has 2 saturated heterocycles. The van der Waals surface area contributed by atoms with E-state index in [9.17, 15) is 9.18 Å². The zero-order valence-corrected chi connectivity index (χ0v) is 13.5. The van der Waals surface area contributed by atoms with Crippen molar-refractivity contribution in [1.29, 1.82) is 0 Å². The van der Waals surface area contributed by atoms with Crippen LogP contribution in [0.4, 0.5) is 4.39 Å². The van der Waals surface area contributed by atoms with Gasteiger partial charge >= 0.3 is 0 Å². The summed E-state index contributed by atoms with van der Waals surface area (Å²) in [5.41, 5.74) is 0.0904. The first-order valence-corrected chi connectivity index (χ1v) is 8.11. The Kier molecular flexibility index (Phi) is 4.04. The van der Waals surface area contributed by atoms with Gasteiger partial charge in [0.15, 0.2) is 5.82 Å². The van der Waals surface area contributed by atoms with Crippen molar-refractivity contribution in [1.82, 2.24) is 20.1 Å². The van der Waals surface area contributed by atoms with Crippen molar-refractivity contribution in [2.75, 3.05) is 26.3 Å². The molecule has 8 heteroatoms. The second kappa shape index (κ2) is 6.36. The normalized spacial score (nSPS) is 21.2. The number of hydrogen-bond acceptors (Lipinski definition) is 6. The first-order valence-electron chi connectivity index (χ1n) is 8.11. The lowest BCUT2D eigenvalue weighted by atomic mass is 9.81. The van der Waals surface area contributed by atoms with E-state index in [0.717, 1.165) is 6.42 Å². The molecule has 4 heterocycles. The van der Waals surface area contributed by atoms with Gasteiger partial charge < -0.3 is 14.4 Å². The van der Waals surface area contributed by atoms with E-state index < -0.39 is 11.4 Å². The minimum atomic E-state index is -0.480. The van der Waals surface area contributed by atoms with E-state index in [4.69, 9.17) is 9.47 Å². The van der Waals surface area contributed by atoms with Gasteiger partial charge in [0.1, 0.15) is 5.60 Å². The van der Waals surface area contributed by atoms with Crippen LogP contribution in [0.5, 0.6) is 5.88 Å². The van der Waals surface area contributed by atoms with Gasteiger partial charge in [-0.1, -0.05) is 0 Å². The van der Waals surface area contributed by atoms with Crippen LogP contribution in [0.3, 0.4) is 0 Å². The van der Waals surface area contributed by atoms with Gasteiger partial charge in [0.05, 0.1) is 37.7 Å². The Balaban J connectivity index is 1.38. The van der Waals surface area contributed by atoms with Crippen LogP contribution in [-0.4, -0.2) is 57.9 Å². The van der Waals surface area contributed by atoms with E-state index in [-0.39, 0.29) is 17.7 Å². The zero-order chi connectivity index (χ0) is 17.3. The molecular formula is C17H17FN4O3. The van der Waals surface area contributed by atoms with Crippen molar-refractivity contribution in [3.05, 3.63) is 48.2 Å². The van der Waals surface area contributed by atoms with Gasteiger partial charge in [-0.3, -0.25) is 4.79 Å². The molecule has 2 aromatic heterocycles. The Labute approximate surface area is 143 Å². The zero-order valence-electron chi connectivity index (χ0n) is 13.5. The number of nitrogens with zero attached hydrogens (tertiary/aromatic N) is 4. The summed E-state index contributed by atoms with van der Waals surface area (Å²) < 4.78 is 25.1. The van der Waals surface area contributed by atoms with Crippen molar-refractivity contribution in [2.45, 2.75) is 12.0 Å². The molecule has 1 spiro atoms. The molecule has 0 aromatic carbocycles. The molecular weight excluding hydrogens is 327 g/mol. The summed E-state index contributed by atoms with van der Waals surface area (Å²) in [6, 6.07) is 4.47. The molecule has 0 aliphatic carbocycles. The Bertz CT molecular complexity index is 767. The Morgan fingerprint density at radius 1 is 1.36 bits per heavy atom. The molecule has 4 rings (SSSR count). The lowest BCUT2D eigenvalue weighted by molar-refractivity contribution is -0.122. The number of amides is 1. The van der Waals surface area contributed by atoms with Crippen molar-refractivity contribution < 1.29 is 18.7 Å². The molecule has 0 radical (unpaired) electrons. The molecule has 1 unspecified atom stereocenters. The number of halogens is 1. The van der Waals surface area contributed by atoms with Crippen LogP contribution in [0, 0.1) is 11.7 Å². The van der Waals surface area contributed by atoms with Crippen molar-refractivity contribution in [2.24, 2.45) is 5.92 Å². The largest absolute Gasteiger partial charge is 0.475 e. The van der Waals surface area contributed by atoms with E-state index in [2.05, 4.69) is 15.2 Å². The molecule has 7 nitrogen and oxygen atoms in total. The highest BCUT2D eigenvalue weighted by Crippen LogP contribution is 2.40. The van der Waals surface area contributed by atoms with E-state index >= 15 is 0 Å². The Morgan fingerprint density at radius 2 is 2.24 bits per heavy atom. The van der Waals surface area contributed by atoms with Crippen LogP contribution < -0.4 is 4.74 Å². The highest BCUT2D eigenvalue weighted by atomic mass is 19.1. The average Bonchev–Trinajstić information content (AvgIpc) is 3.04. The van der Waals surface area contributed by atoms with Crippen molar-refractivity contribution in [3.63, 3.8) is 0 Å². The highest BCUT2D eigenvalue weighted by molar-refractivity contribution is 5.94. The topological polar surface area (TPSA) is 77.4 Å². The standard InChI is InChI=1S/C17H17FN4O3/c18-14-2-1-5-19-15(14)24-9-13-4-7-25-17(13)10-22(11-17)16(23)12-3-6-20-21-8-12/h1-3,5-6,8,13H,4,7,9-11H2. The number of carbonyl (C=O) groups excluding carboxylic acids is 1. The van der Waals surface area contributed by atoms with Gasteiger partial charge in [-0.15, -0.1) is 0 Å². The first kappa shape index (κ1) is 15.9. The van der Waals surface area contributed by atoms with Crippen LogP contribution in [0.15, 0.2) is 36.8 Å². The summed E-state index contributed by atoms with van der Waals surface area (Å²) in [5, 5.41) is 7.41. The van der Waals surface area contributed by atoms with Crippen LogP contribution in [0.2, 0.25) is 0 Å². The molecule has 0 saturated carbocycles. The predicted molar refractivity (Wildman–Crippen MR) is 84.4 cm³/mol. The van der Waals surface area contributed by atoms with Crippen molar-refractivity contribution in [3.8, 4) is 5.88 Å². The molecule has 25 heavy (non-hydrogen) atoms. The maximum atomic E-state index is 13.6. The highest BCUT2D eigenvalue weighted by Gasteiger charge is 2.54. The van der Waals surface area contributed by atoms with Gasteiger partial charge in [-0.05, 0) is 24.6 Å². The number of pyridine rings is 1. The van der Waals surface area contributed by atoms with Crippen LogP contribution in [-0.2, 0) is 4.74 Å². The first-order chi connectivity index (χ1) is 12.2. The Hall–Kier alpha value is -2.61. The molecule has 0 N–H and O–H groups in total. The maximum Gasteiger partial charge on any atom is 0.255 e. The van der Waals surface area contributed by atoms with Gasteiger partial charge in [-0.2, -0.15) is 10.2 Å². The Morgan fingerprint density at radius 3 is 3.00 bits per heavy atom. The number of likely N-dealkylation sites (tertiary alicyclic amines) is 1. The van der Waals surface area contributed by atoms with Crippen molar-refractivity contribution >= 4 is 5.91 Å². The molecule has 1 atom stereocenters. The predicted octanol–water partition coefficient (Wildman–Crippen LogP) is 1.32. The van der Waals surface area contributed by atoms with Crippen LogP contribution in [0.25, 0.3) is 0 Å². The summed E-state index contributed by atoms with van der Waals surface area (Å²) in [6.07, 6.45) is 5.25. The number of ether oxygens (including phenoxy) is 2. The lowest BCUT2D eigenvalue weighted by Crippen LogP contribution is -2.66. The number of carbonyl (C=O) groups is 1. The molecule has 130 valence electrons. The minimum Gasteiger partial charge on any atom is -0.475 e. The fourth-order valence-corrected chi connectivity index (χ4v) is 3.37. The average molecular weight is 344 g/mol. The summed E-state index contributed by atoms with van der Waals surface area (Å²) in [5.74, 6) is -0.481. The molecule has 2 aromatic rings. The second-order valence-electron chi connectivity index (χ2n) is 6.29.